The summed E-state index contributed by atoms with van der Waals surface area (Å²) in [5.41, 5.74) is 2.61. The first-order chi connectivity index (χ1) is 13.4. The van der Waals surface area contributed by atoms with E-state index in [1.165, 1.54) is 0 Å². The van der Waals surface area contributed by atoms with Crippen molar-refractivity contribution in [3.8, 4) is 11.5 Å². The maximum Gasteiger partial charge on any atom is 0.255 e. The number of amides is 1. The molecule has 2 aromatic rings. The highest BCUT2D eigenvalue weighted by molar-refractivity contribution is 7.80. The van der Waals surface area contributed by atoms with E-state index in [2.05, 4.69) is 16.0 Å². The van der Waals surface area contributed by atoms with E-state index in [0.29, 0.717) is 38.6 Å². The summed E-state index contributed by atoms with van der Waals surface area (Å²) in [7, 11) is 3.14. The molecule has 0 bridgehead atoms. The summed E-state index contributed by atoms with van der Waals surface area (Å²) in [5, 5.41) is 10.0. The highest BCUT2D eigenvalue weighted by atomic mass is 35.5. The largest absolute Gasteiger partial charge is 0.493 e. The molecule has 28 heavy (non-hydrogen) atoms. The van der Waals surface area contributed by atoms with Crippen molar-refractivity contribution in [3.05, 3.63) is 64.3 Å². The number of ether oxygens (including phenoxy) is 2. The molecule has 8 heteroatoms. The van der Waals surface area contributed by atoms with Crippen LogP contribution in [0.5, 0.6) is 11.5 Å². The minimum atomic E-state index is -0.451. The number of thiocarbonyl (C=S) groups is 1. The zero-order chi connectivity index (χ0) is 20.3. The second kappa shape index (κ2) is 8.50. The third-order valence-electron chi connectivity index (χ3n) is 4.34. The average Bonchev–Trinajstić information content (AvgIpc) is 2.66. The first-order valence-corrected chi connectivity index (χ1v) is 9.28. The molecule has 0 radical (unpaired) electrons. The van der Waals surface area contributed by atoms with Gasteiger partial charge < -0.3 is 25.4 Å². The average molecular weight is 418 g/mol. The number of carbonyl (C=O) groups excluding carboxylic acids is 1. The second-order valence-corrected chi connectivity index (χ2v) is 6.99. The Morgan fingerprint density at radius 3 is 2.57 bits per heavy atom. The van der Waals surface area contributed by atoms with Gasteiger partial charge in [-0.1, -0.05) is 23.7 Å². The molecule has 3 rings (SSSR count). The van der Waals surface area contributed by atoms with E-state index in [4.69, 9.17) is 33.3 Å². The lowest BCUT2D eigenvalue weighted by Crippen LogP contribution is -2.45. The van der Waals surface area contributed by atoms with E-state index >= 15 is 0 Å². The Morgan fingerprint density at radius 1 is 1.14 bits per heavy atom. The summed E-state index contributed by atoms with van der Waals surface area (Å²) in [6.45, 7) is 1.81. The van der Waals surface area contributed by atoms with Gasteiger partial charge in [0.2, 0.25) is 0 Å². The van der Waals surface area contributed by atoms with Crippen molar-refractivity contribution in [1.82, 2.24) is 10.6 Å². The summed E-state index contributed by atoms with van der Waals surface area (Å²) in [6.07, 6.45) is 0. The molecule has 1 aliphatic heterocycles. The van der Waals surface area contributed by atoms with E-state index in [1.54, 1.807) is 44.6 Å². The number of halogens is 1. The predicted octanol–water partition coefficient (Wildman–Crippen LogP) is 3.79. The zero-order valence-electron chi connectivity index (χ0n) is 15.6. The Balaban J connectivity index is 1.98. The number of anilines is 1. The van der Waals surface area contributed by atoms with Gasteiger partial charge in [-0.25, -0.2) is 0 Å². The number of methoxy groups -OCH3 is 2. The fourth-order valence-corrected chi connectivity index (χ4v) is 3.50. The fraction of sp³-hybridized carbons (Fsp3) is 0.200. The van der Waals surface area contributed by atoms with Crippen LogP contribution in [0, 0.1) is 0 Å². The van der Waals surface area contributed by atoms with Crippen molar-refractivity contribution in [1.29, 1.82) is 0 Å². The number of allylic oxidation sites excluding steroid dienone is 1. The molecule has 0 saturated carbocycles. The maximum absolute atomic E-state index is 13.1. The van der Waals surface area contributed by atoms with Crippen molar-refractivity contribution in [2.75, 3.05) is 19.5 Å². The van der Waals surface area contributed by atoms with E-state index in [9.17, 15) is 4.79 Å². The minimum absolute atomic E-state index is 0.262. The Hall–Kier alpha value is -2.77. The Kier molecular flexibility index (Phi) is 6.06. The van der Waals surface area contributed by atoms with Crippen LogP contribution in [-0.2, 0) is 4.79 Å². The van der Waals surface area contributed by atoms with Gasteiger partial charge in [0.15, 0.2) is 16.6 Å². The standard InChI is InChI=1S/C20H20ClN3O3S/c1-11-17(19(25)23-14-6-4-5-13(21)10-14)18(24-20(28)22-11)12-7-8-15(26-2)16(9-12)27-3/h4-10,18H,1-3H3,(H,23,25)(H2,22,24,28). The van der Waals surface area contributed by atoms with Gasteiger partial charge in [0.1, 0.15) is 0 Å². The SMILES string of the molecule is COc1ccc(C2NC(=S)NC(C)=C2C(=O)Nc2cccc(Cl)c2)cc1OC. The molecule has 1 aliphatic rings. The summed E-state index contributed by atoms with van der Waals surface area (Å²) >= 11 is 11.3. The number of nitrogens with one attached hydrogen (secondary N) is 3. The number of rotatable bonds is 5. The van der Waals surface area contributed by atoms with Gasteiger partial charge in [-0.3, -0.25) is 4.79 Å². The lowest BCUT2D eigenvalue weighted by atomic mass is 9.94. The van der Waals surface area contributed by atoms with Crippen molar-refractivity contribution >= 4 is 40.5 Å². The van der Waals surface area contributed by atoms with Gasteiger partial charge in [0, 0.05) is 16.4 Å². The smallest absolute Gasteiger partial charge is 0.255 e. The second-order valence-electron chi connectivity index (χ2n) is 6.15. The normalized spacial score (nSPS) is 16.1. The molecule has 1 amide bonds. The first kappa shape index (κ1) is 20.0. The van der Waals surface area contributed by atoms with Crippen molar-refractivity contribution < 1.29 is 14.3 Å². The molecule has 0 fully saturated rings. The number of benzene rings is 2. The molecular formula is C20H20ClN3O3S. The first-order valence-electron chi connectivity index (χ1n) is 8.50. The Bertz CT molecular complexity index is 961. The van der Waals surface area contributed by atoms with Gasteiger partial charge in [-0.15, -0.1) is 0 Å². The summed E-state index contributed by atoms with van der Waals surface area (Å²) < 4.78 is 10.7. The van der Waals surface area contributed by atoms with Gasteiger partial charge >= 0.3 is 0 Å². The fourth-order valence-electron chi connectivity index (χ4n) is 3.04. The molecule has 1 unspecified atom stereocenters. The van der Waals surface area contributed by atoms with E-state index in [1.807, 2.05) is 19.1 Å². The van der Waals surface area contributed by atoms with Crippen LogP contribution in [0.4, 0.5) is 5.69 Å². The lowest BCUT2D eigenvalue weighted by molar-refractivity contribution is -0.113. The van der Waals surface area contributed by atoms with Crippen molar-refractivity contribution in [2.24, 2.45) is 0 Å². The topological polar surface area (TPSA) is 71.6 Å². The van der Waals surface area contributed by atoms with Crippen molar-refractivity contribution in [3.63, 3.8) is 0 Å². The van der Waals surface area contributed by atoms with Crippen LogP contribution in [0.1, 0.15) is 18.5 Å². The molecule has 1 atom stereocenters. The number of carbonyl (C=O) groups is 1. The maximum atomic E-state index is 13.1. The minimum Gasteiger partial charge on any atom is -0.493 e. The zero-order valence-corrected chi connectivity index (χ0v) is 17.2. The highest BCUT2D eigenvalue weighted by Crippen LogP contribution is 2.34. The van der Waals surface area contributed by atoms with Crippen LogP contribution in [0.25, 0.3) is 0 Å². The molecule has 1 heterocycles. The molecule has 2 aromatic carbocycles. The number of hydrogen-bond donors (Lipinski definition) is 3. The molecule has 0 saturated heterocycles. The molecule has 3 N–H and O–H groups in total. The van der Waals surface area contributed by atoms with Crippen LogP contribution in [0.3, 0.4) is 0 Å². The van der Waals surface area contributed by atoms with Crippen LogP contribution < -0.4 is 25.4 Å². The van der Waals surface area contributed by atoms with Gasteiger partial charge in [0.25, 0.3) is 5.91 Å². The number of hydrogen-bond acceptors (Lipinski definition) is 4. The van der Waals surface area contributed by atoms with Crippen LogP contribution >= 0.6 is 23.8 Å². The molecule has 146 valence electrons. The van der Waals surface area contributed by atoms with E-state index < -0.39 is 6.04 Å². The third kappa shape index (κ3) is 4.21. The molecule has 0 aromatic heterocycles. The van der Waals surface area contributed by atoms with Crippen LogP contribution in [0.15, 0.2) is 53.7 Å². The Labute approximate surface area is 173 Å². The van der Waals surface area contributed by atoms with Crippen LogP contribution in [0.2, 0.25) is 5.02 Å². The molecule has 0 spiro atoms. The molecule has 6 nitrogen and oxygen atoms in total. The van der Waals surface area contributed by atoms with Gasteiger partial charge in [-0.2, -0.15) is 0 Å². The molecular weight excluding hydrogens is 398 g/mol. The van der Waals surface area contributed by atoms with E-state index in [0.717, 1.165) is 5.56 Å². The monoisotopic (exact) mass is 417 g/mol. The summed E-state index contributed by atoms with van der Waals surface area (Å²) in [6, 6.07) is 12.0. The third-order valence-corrected chi connectivity index (χ3v) is 4.79. The van der Waals surface area contributed by atoms with Gasteiger partial charge in [-0.05, 0) is 55.0 Å². The quantitative estimate of drug-likeness (QED) is 0.643. The highest BCUT2D eigenvalue weighted by Gasteiger charge is 2.30. The summed E-state index contributed by atoms with van der Waals surface area (Å²) in [4.78, 5) is 13.1. The molecule has 0 aliphatic carbocycles. The summed E-state index contributed by atoms with van der Waals surface area (Å²) in [5.74, 6) is 0.911. The lowest BCUT2D eigenvalue weighted by Gasteiger charge is -2.30. The van der Waals surface area contributed by atoms with E-state index in [-0.39, 0.29) is 5.91 Å². The van der Waals surface area contributed by atoms with Crippen molar-refractivity contribution in [2.45, 2.75) is 13.0 Å². The van der Waals surface area contributed by atoms with Gasteiger partial charge in [0.05, 0.1) is 25.8 Å². The van der Waals surface area contributed by atoms with Crippen LogP contribution in [-0.4, -0.2) is 25.2 Å². The Morgan fingerprint density at radius 2 is 1.89 bits per heavy atom. The predicted molar refractivity (Wildman–Crippen MR) is 114 cm³/mol.